The van der Waals surface area contributed by atoms with E-state index < -0.39 is 0 Å². The van der Waals surface area contributed by atoms with E-state index in [9.17, 15) is 4.79 Å². The second-order valence-corrected chi connectivity index (χ2v) is 6.74. The van der Waals surface area contributed by atoms with Gasteiger partial charge >= 0.3 is 0 Å². The van der Waals surface area contributed by atoms with Gasteiger partial charge in [0.1, 0.15) is 0 Å². The summed E-state index contributed by atoms with van der Waals surface area (Å²) in [5.41, 5.74) is 1.41. The number of nitrogens with zero attached hydrogens (tertiary/aromatic N) is 1. The van der Waals surface area contributed by atoms with Crippen LogP contribution in [0.15, 0.2) is 28.7 Å². The monoisotopic (exact) mass is 345 g/mol. The Morgan fingerprint density at radius 1 is 1.25 bits per heavy atom. The molecule has 1 saturated heterocycles. The van der Waals surface area contributed by atoms with Crippen molar-refractivity contribution in [3.63, 3.8) is 0 Å². The number of carbonyl (C=O) groups excluding carboxylic acids is 1. The van der Waals surface area contributed by atoms with Gasteiger partial charge in [0.25, 0.3) is 10.7 Å². The Balaban J connectivity index is 1.45. The van der Waals surface area contributed by atoms with E-state index in [1.54, 1.807) is 12.1 Å². The number of H-pyrrole nitrogens is 1. The zero-order chi connectivity index (χ0) is 16.5. The van der Waals surface area contributed by atoms with Crippen molar-refractivity contribution in [1.29, 1.82) is 0 Å². The molecule has 2 fully saturated rings. The Bertz CT molecular complexity index is 783. The molecule has 2 aliphatic rings. The van der Waals surface area contributed by atoms with Crippen molar-refractivity contribution in [2.24, 2.45) is 5.92 Å². The standard InChI is InChI=1S/C17H19N3O3S/c21-15(18-13-2-1-3-14-12(13)8-9-22-14)10-4-6-11(7-5-10)16-19-20-17(24)23-16/h4-7,12-14H,1-3,8-9H2,(H,18,21)(H,20,24)/t12-,13-,14+/m1/s1. The molecule has 1 aromatic carbocycles. The summed E-state index contributed by atoms with van der Waals surface area (Å²) in [6.45, 7) is 0.814. The lowest BCUT2D eigenvalue weighted by Gasteiger charge is -2.33. The number of hydrogen-bond donors (Lipinski definition) is 2. The summed E-state index contributed by atoms with van der Waals surface area (Å²) in [5.74, 6) is 0.836. The molecule has 0 spiro atoms. The second-order valence-electron chi connectivity index (χ2n) is 6.37. The van der Waals surface area contributed by atoms with Gasteiger partial charge < -0.3 is 14.5 Å². The minimum Gasteiger partial charge on any atom is -0.409 e. The lowest BCUT2D eigenvalue weighted by molar-refractivity contribution is 0.0510. The maximum atomic E-state index is 12.5. The van der Waals surface area contributed by atoms with Crippen LogP contribution in [0.2, 0.25) is 0 Å². The summed E-state index contributed by atoms with van der Waals surface area (Å²) >= 11 is 4.87. The van der Waals surface area contributed by atoms with E-state index in [0.717, 1.165) is 37.9 Å². The van der Waals surface area contributed by atoms with Crippen LogP contribution in [0, 0.1) is 10.8 Å². The Morgan fingerprint density at radius 2 is 2.08 bits per heavy atom. The van der Waals surface area contributed by atoms with E-state index in [0.29, 0.717) is 23.5 Å². The number of rotatable bonds is 3. The van der Waals surface area contributed by atoms with Crippen LogP contribution < -0.4 is 5.32 Å². The number of aromatic nitrogens is 2. The van der Waals surface area contributed by atoms with E-state index in [-0.39, 0.29) is 16.8 Å². The van der Waals surface area contributed by atoms with E-state index in [2.05, 4.69) is 15.5 Å². The third-order valence-corrected chi connectivity index (χ3v) is 5.10. The first-order valence-electron chi connectivity index (χ1n) is 8.29. The molecule has 2 aromatic rings. The van der Waals surface area contributed by atoms with Gasteiger partial charge in [-0.15, -0.1) is 5.10 Å². The van der Waals surface area contributed by atoms with Crippen LogP contribution in [0.25, 0.3) is 11.5 Å². The van der Waals surface area contributed by atoms with Gasteiger partial charge in [-0.1, -0.05) is 0 Å². The average molecular weight is 345 g/mol. The van der Waals surface area contributed by atoms with Crippen LogP contribution in [0.5, 0.6) is 0 Å². The highest BCUT2D eigenvalue weighted by atomic mass is 32.1. The summed E-state index contributed by atoms with van der Waals surface area (Å²) in [5, 5.41) is 9.76. The van der Waals surface area contributed by atoms with Crippen molar-refractivity contribution >= 4 is 18.1 Å². The molecule has 0 unspecified atom stereocenters. The van der Waals surface area contributed by atoms with Crippen LogP contribution in [0.1, 0.15) is 36.0 Å². The average Bonchev–Trinajstić information content (AvgIpc) is 3.24. The Kier molecular flexibility index (Phi) is 4.20. The first kappa shape index (κ1) is 15.5. The first-order valence-corrected chi connectivity index (χ1v) is 8.70. The van der Waals surface area contributed by atoms with Gasteiger partial charge in [0.2, 0.25) is 5.89 Å². The number of nitrogens with one attached hydrogen (secondary N) is 2. The second kappa shape index (κ2) is 6.49. The van der Waals surface area contributed by atoms with Gasteiger partial charge in [0, 0.05) is 29.7 Å². The highest BCUT2D eigenvalue weighted by Crippen LogP contribution is 2.34. The molecule has 1 saturated carbocycles. The first-order chi connectivity index (χ1) is 11.7. The van der Waals surface area contributed by atoms with Crippen LogP contribution >= 0.6 is 12.2 Å². The fraction of sp³-hybridized carbons (Fsp3) is 0.471. The molecular weight excluding hydrogens is 326 g/mol. The number of hydrogen-bond acceptors (Lipinski definition) is 5. The van der Waals surface area contributed by atoms with Crippen molar-refractivity contribution < 1.29 is 13.9 Å². The summed E-state index contributed by atoms with van der Waals surface area (Å²) in [4.78, 5) is 12.8. The molecule has 7 heteroatoms. The topological polar surface area (TPSA) is 80.1 Å². The van der Waals surface area contributed by atoms with Crippen LogP contribution in [-0.2, 0) is 4.74 Å². The summed E-state index contributed by atoms with van der Waals surface area (Å²) in [6, 6.07) is 7.40. The molecule has 4 rings (SSSR count). The van der Waals surface area contributed by atoms with Gasteiger partial charge in [-0.25, -0.2) is 5.10 Å². The smallest absolute Gasteiger partial charge is 0.284 e. The molecule has 6 nitrogen and oxygen atoms in total. The van der Waals surface area contributed by atoms with Crippen molar-refractivity contribution in [1.82, 2.24) is 15.5 Å². The summed E-state index contributed by atoms with van der Waals surface area (Å²) in [6.07, 6.45) is 4.61. The van der Waals surface area contributed by atoms with Crippen LogP contribution in [0.3, 0.4) is 0 Å². The largest absolute Gasteiger partial charge is 0.409 e. The Morgan fingerprint density at radius 3 is 2.83 bits per heavy atom. The minimum absolute atomic E-state index is 0.0398. The highest BCUT2D eigenvalue weighted by Gasteiger charge is 2.38. The van der Waals surface area contributed by atoms with Crippen LogP contribution in [-0.4, -0.2) is 34.9 Å². The Labute approximate surface area is 144 Å². The van der Waals surface area contributed by atoms with Crippen molar-refractivity contribution in [2.75, 3.05) is 6.61 Å². The zero-order valence-corrected chi connectivity index (χ0v) is 14.0. The zero-order valence-electron chi connectivity index (χ0n) is 13.2. The van der Waals surface area contributed by atoms with Gasteiger partial charge in [0.15, 0.2) is 0 Å². The fourth-order valence-electron chi connectivity index (χ4n) is 3.72. The quantitative estimate of drug-likeness (QED) is 0.836. The fourth-order valence-corrected chi connectivity index (χ4v) is 3.85. The van der Waals surface area contributed by atoms with E-state index in [4.69, 9.17) is 21.4 Å². The van der Waals surface area contributed by atoms with Crippen molar-refractivity contribution in [3.8, 4) is 11.5 Å². The molecule has 1 aliphatic carbocycles. The lowest BCUT2D eigenvalue weighted by Crippen LogP contribution is -2.45. The normalized spacial score (nSPS) is 26.1. The third-order valence-electron chi connectivity index (χ3n) is 4.93. The molecule has 2 N–H and O–H groups in total. The van der Waals surface area contributed by atoms with Crippen molar-refractivity contribution in [2.45, 2.75) is 37.8 Å². The molecule has 3 atom stereocenters. The lowest BCUT2D eigenvalue weighted by atomic mass is 9.81. The molecule has 24 heavy (non-hydrogen) atoms. The molecule has 1 amide bonds. The molecule has 0 radical (unpaired) electrons. The molecule has 2 heterocycles. The predicted octanol–water partition coefficient (Wildman–Crippen LogP) is 3.09. The predicted molar refractivity (Wildman–Crippen MR) is 90.1 cm³/mol. The molecule has 1 aliphatic heterocycles. The van der Waals surface area contributed by atoms with E-state index in [1.165, 1.54) is 0 Å². The van der Waals surface area contributed by atoms with Gasteiger partial charge in [-0.3, -0.25) is 4.79 Å². The number of ether oxygens (including phenoxy) is 1. The third kappa shape index (κ3) is 3.01. The van der Waals surface area contributed by atoms with E-state index >= 15 is 0 Å². The van der Waals surface area contributed by atoms with E-state index in [1.807, 2.05) is 12.1 Å². The van der Waals surface area contributed by atoms with Crippen LogP contribution in [0.4, 0.5) is 0 Å². The number of fused-ring (bicyclic) bond motifs is 1. The molecule has 0 bridgehead atoms. The number of amides is 1. The molecule has 126 valence electrons. The van der Waals surface area contributed by atoms with Gasteiger partial charge in [0.05, 0.1) is 6.10 Å². The number of carbonyl (C=O) groups is 1. The molecule has 1 aromatic heterocycles. The van der Waals surface area contributed by atoms with Crippen molar-refractivity contribution in [3.05, 3.63) is 34.7 Å². The molecular formula is C17H19N3O3S. The SMILES string of the molecule is O=C(N[C@@H]1CCC[C@@H]2OCC[C@@H]21)c1ccc(-c2n[nH]c(=S)o2)cc1. The number of aromatic amines is 1. The minimum atomic E-state index is -0.0398. The maximum absolute atomic E-state index is 12.5. The van der Waals surface area contributed by atoms with Gasteiger partial charge in [-0.05, 0) is 62.2 Å². The Hall–Kier alpha value is -1.99. The number of benzene rings is 1. The maximum Gasteiger partial charge on any atom is 0.284 e. The van der Waals surface area contributed by atoms with Gasteiger partial charge in [-0.2, -0.15) is 0 Å². The highest BCUT2D eigenvalue weighted by molar-refractivity contribution is 7.71. The summed E-state index contributed by atoms with van der Waals surface area (Å²) in [7, 11) is 0. The summed E-state index contributed by atoms with van der Waals surface area (Å²) < 4.78 is 11.0.